The molecule has 2 N–H and O–H groups in total. The zero-order valence-electron chi connectivity index (χ0n) is 35.9. The van der Waals surface area contributed by atoms with Crippen molar-refractivity contribution in [3.63, 3.8) is 0 Å². The molecule has 0 radical (unpaired) electrons. The number of aromatic nitrogens is 5. The summed E-state index contributed by atoms with van der Waals surface area (Å²) in [6.07, 6.45) is 5.42. The SMILES string of the molecule is CN(C(=O)Nc1ccc(-c2nc3c(c(N4CCOCC4)n2)CN(S(C)(=O)=O)C3)cc1)N(C(=O)Nc1cccnc1)c1ccc(-c2nc3c(c(N4CCOCC4)n2)CN(S(C)(=O)=O)C3)cc1. The number of pyridine rings is 1. The third-order valence-electron chi connectivity index (χ3n) is 11.5. The van der Waals surface area contributed by atoms with E-state index in [0.717, 1.165) is 16.1 Å². The van der Waals surface area contributed by atoms with Crippen LogP contribution in [0.3, 0.4) is 0 Å². The van der Waals surface area contributed by atoms with Crippen LogP contribution in [0.1, 0.15) is 22.5 Å². The molecule has 0 spiro atoms. The quantitative estimate of drug-likeness (QED) is 0.202. The van der Waals surface area contributed by atoms with Crippen molar-refractivity contribution >= 4 is 60.8 Å². The van der Waals surface area contributed by atoms with Crippen LogP contribution in [0.4, 0.5) is 38.3 Å². The summed E-state index contributed by atoms with van der Waals surface area (Å²) in [6, 6.07) is 15.8. The highest BCUT2D eigenvalue weighted by Gasteiger charge is 2.35. The number of hydrogen-bond acceptors (Lipinski definition) is 15. The molecule has 4 aliphatic heterocycles. The van der Waals surface area contributed by atoms with Gasteiger partial charge < -0.3 is 29.9 Å². The Morgan fingerprint density at radius 3 is 1.55 bits per heavy atom. The number of nitrogens with zero attached hydrogens (tertiary/aromatic N) is 11. The van der Waals surface area contributed by atoms with Gasteiger partial charge in [0, 0.05) is 80.5 Å². The molecule has 4 aliphatic rings. The Balaban J connectivity index is 0.969. The highest BCUT2D eigenvalue weighted by Crippen LogP contribution is 2.36. The van der Waals surface area contributed by atoms with Crippen molar-refractivity contribution in [2.75, 3.05) is 97.6 Å². The predicted octanol–water partition coefficient (Wildman–Crippen LogP) is 3.34. The van der Waals surface area contributed by atoms with Gasteiger partial charge in [0.15, 0.2) is 11.6 Å². The lowest BCUT2D eigenvalue weighted by molar-refractivity contribution is 0.122. The van der Waals surface area contributed by atoms with Crippen LogP contribution in [0.15, 0.2) is 73.1 Å². The maximum Gasteiger partial charge on any atom is 0.345 e. The van der Waals surface area contributed by atoms with Gasteiger partial charge in [-0.1, -0.05) is 0 Å². The molecule has 0 saturated carbocycles. The Kier molecular flexibility index (Phi) is 12.1. The summed E-state index contributed by atoms with van der Waals surface area (Å²) in [5.41, 5.74) is 5.22. The van der Waals surface area contributed by atoms with Crippen LogP contribution in [0.5, 0.6) is 0 Å². The molecule has 7 heterocycles. The molecule has 340 valence electrons. The predicted molar refractivity (Wildman–Crippen MR) is 242 cm³/mol. The highest BCUT2D eigenvalue weighted by molar-refractivity contribution is 7.88. The maximum absolute atomic E-state index is 14.0. The summed E-state index contributed by atoms with van der Waals surface area (Å²) < 4.78 is 64.0. The van der Waals surface area contributed by atoms with Crippen molar-refractivity contribution in [2.24, 2.45) is 0 Å². The second-order valence-electron chi connectivity index (χ2n) is 15.9. The van der Waals surface area contributed by atoms with Crippen molar-refractivity contribution < 1.29 is 35.9 Å². The maximum atomic E-state index is 14.0. The molecule has 5 aromatic rings. The first-order valence-corrected chi connectivity index (χ1v) is 24.5. The second kappa shape index (κ2) is 17.9. The number of rotatable bonds is 9. The number of urea groups is 2. The lowest BCUT2D eigenvalue weighted by atomic mass is 10.1. The molecule has 3 aromatic heterocycles. The number of hydrazine groups is 1. The monoisotopic (exact) mass is 925 g/mol. The molecule has 0 atom stereocenters. The summed E-state index contributed by atoms with van der Waals surface area (Å²) in [6.45, 7) is 5.09. The number of amides is 4. The van der Waals surface area contributed by atoms with Crippen LogP contribution in [0.2, 0.25) is 0 Å². The van der Waals surface area contributed by atoms with Gasteiger partial charge in [-0.2, -0.15) is 13.6 Å². The zero-order chi connectivity index (χ0) is 45.5. The van der Waals surface area contributed by atoms with E-state index in [1.807, 2.05) is 0 Å². The van der Waals surface area contributed by atoms with Gasteiger partial charge in [0.1, 0.15) is 11.6 Å². The molecule has 9 rings (SSSR count). The standard InChI is InChI=1S/C42H47N13O8S2/c1-50(41(56)44-30-10-6-28(7-11-30)37-46-35-26-53(64(2,58)59)24-33(35)39(48-37)51-15-19-62-20-16-51)55(42(57)45-31-5-4-14-43-23-31)32-12-8-29(9-13-32)38-47-36-27-54(65(3,60)61)25-34(36)40(49-38)52-17-21-63-22-18-52/h4-14,23H,15-22,24-27H2,1-3H3,(H,44,56)(H,45,57). The molecule has 2 saturated heterocycles. The van der Waals surface area contributed by atoms with Gasteiger partial charge in [-0.05, 0) is 60.7 Å². The number of hydrogen-bond donors (Lipinski definition) is 2. The first-order valence-electron chi connectivity index (χ1n) is 20.8. The molecule has 23 heteroatoms. The van der Waals surface area contributed by atoms with Crippen LogP contribution in [0, 0.1) is 0 Å². The Morgan fingerprint density at radius 1 is 0.615 bits per heavy atom. The van der Waals surface area contributed by atoms with Gasteiger partial charge in [-0.25, -0.2) is 51.4 Å². The number of carbonyl (C=O) groups is 2. The topological polar surface area (TPSA) is 229 Å². The fourth-order valence-corrected chi connectivity index (χ4v) is 9.45. The van der Waals surface area contributed by atoms with Crippen molar-refractivity contribution in [2.45, 2.75) is 26.2 Å². The number of carbonyl (C=O) groups excluding carboxylic acids is 2. The van der Waals surface area contributed by atoms with Gasteiger partial charge in [0.25, 0.3) is 0 Å². The van der Waals surface area contributed by atoms with E-state index in [-0.39, 0.29) is 26.2 Å². The Morgan fingerprint density at radius 2 is 1.09 bits per heavy atom. The molecular weight excluding hydrogens is 879 g/mol. The minimum Gasteiger partial charge on any atom is -0.378 e. The number of anilines is 5. The fourth-order valence-electron chi connectivity index (χ4n) is 8.01. The Labute approximate surface area is 376 Å². The number of nitrogens with one attached hydrogen (secondary N) is 2. The summed E-state index contributed by atoms with van der Waals surface area (Å²) in [7, 11) is -5.51. The molecule has 0 unspecified atom stereocenters. The van der Waals surface area contributed by atoms with Gasteiger partial charge in [0.2, 0.25) is 20.0 Å². The second-order valence-corrected chi connectivity index (χ2v) is 19.9. The largest absolute Gasteiger partial charge is 0.378 e. The number of benzene rings is 2. The van der Waals surface area contributed by atoms with E-state index in [2.05, 4.69) is 25.4 Å². The molecule has 65 heavy (non-hydrogen) atoms. The van der Waals surface area contributed by atoms with E-state index in [9.17, 15) is 26.4 Å². The van der Waals surface area contributed by atoms with E-state index in [4.69, 9.17) is 29.4 Å². The molecular formula is C42H47N13O8S2. The van der Waals surface area contributed by atoms with E-state index in [1.165, 1.54) is 39.4 Å². The third-order valence-corrected chi connectivity index (χ3v) is 13.9. The average molecular weight is 926 g/mol. The summed E-state index contributed by atoms with van der Waals surface area (Å²) in [4.78, 5) is 55.7. The number of morpholine rings is 2. The normalized spacial score (nSPS) is 16.8. The number of fused-ring (bicyclic) bond motifs is 2. The van der Waals surface area contributed by atoms with E-state index in [0.29, 0.717) is 115 Å². The van der Waals surface area contributed by atoms with Crippen LogP contribution >= 0.6 is 0 Å². The van der Waals surface area contributed by atoms with Crippen LogP contribution < -0.4 is 25.4 Å². The lowest BCUT2D eigenvalue weighted by Gasteiger charge is -2.32. The van der Waals surface area contributed by atoms with Gasteiger partial charge in [-0.3, -0.25) is 4.98 Å². The first kappa shape index (κ1) is 43.9. The molecule has 0 bridgehead atoms. The van der Waals surface area contributed by atoms with Crippen LogP contribution in [0.25, 0.3) is 22.8 Å². The van der Waals surface area contributed by atoms with Crippen LogP contribution in [-0.2, 0) is 55.7 Å². The highest BCUT2D eigenvalue weighted by atomic mass is 32.2. The van der Waals surface area contributed by atoms with Crippen LogP contribution in [-0.4, -0.2) is 140 Å². The number of sulfonamides is 2. The lowest BCUT2D eigenvalue weighted by Crippen LogP contribution is -2.51. The average Bonchev–Trinajstić information content (AvgIpc) is 3.96. The van der Waals surface area contributed by atoms with Gasteiger partial charge >= 0.3 is 12.1 Å². The molecule has 4 amide bonds. The Bertz CT molecular complexity index is 2830. The molecule has 21 nitrogen and oxygen atoms in total. The van der Waals surface area contributed by atoms with Crippen molar-refractivity contribution in [1.82, 2.24) is 38.5 Å². The van der Waals surface area contributed by atoms with E-state index < -0.39 is 32.1 Å². The summed E-state index contributed by atoms with van der Waals surface area (Å²) >= 11 is 0. The minimum atomic E-state index is -3.49. The summed E-state index contributed by atoms with van der Waals surface area (Å²) in [5, 5.41) is 7.99. The van der Waals surface area contributed by atoms with Crippen molar-refractivity contribution in [3.8, 4) is 22.8 Å². The van der Waals surface area contributed by atoms with Crippen molar-refractivity contribution in [3.05, 3.63) is 95.6 Å². The first-order chi connectivity index (χ1) is 31.2. The zero-order valence-corrected chi connectivity index (χ0v) is 37.5. The van der Waals surface area contributed by atoms with E-state index in [1.54, 1.807) is 66.9 Å². The molecule has 2 fully saturated rings. The van der Waals surface area contributed by atoms with Gasteiger partial charge in [0.05, 0.1) is 81.0 Å². The smallest absolute Gasteiger partial charge is 0.345 e. The van der Waals surface area contributed by atoms with Crippen molar-refractivity contribution in [1.29, 1.82) is 0 Å². The Hall–Kier alpha value is -6.37. The molecule has 0 aliphatic carbocycles. The summed E-state index contributed by atoms with van der Waals surface area (Å²) in [5.74, 6) is 2.13. The minimum absolute atomic E-state index is 0.119. The molecule has 2 aromatic carbocycles. The third kappa shape index (κ3) is 9.42. The fraction of sp³-hybridized carbons (Fsp3) is 0.357. The number of ether oxygens (including phenoxy) is 2. The van der Waals surface area contributed by atoms with Gasteiger partial charge in [-0.15, -0.1) is 0 Å². The van der Waals surface area contributed by atoms with E-state index >= 15 is 0 Å².